The first-order valence-corrected chi connectivity index (χ1v) is 11.4. The van der Waals surface area contributed by atoms with Crippen LogP contribution >= 0.6 is 11.6 Å². The van der Waals surface area contributed by atoms with Crippen molar-refractivity contribution >= 4 is 22.4 Å². The van der Waals surface area contributed by atoms with Crippen LogP contribution in [0.3, 0.4) is 0 Å². The molecule has 4 aromatic carbocycles. The summed E-state index contributed by atoms with van der Waals surface area (Å²) in [7, 11) is 0. The molecular weight excluding hydrogens is 521 g/mol. The molecule has 0 aliphatic rings. The predicted molar refractivity (Wildman–Crippen MR) is 127 cm³/mol. The molecule has 0 atom stereocenters. The molecule has 9 heteroatoms. The molecule has 0 saturated heterocycles. The normalized spacial score (nSPS) is 10.9. The van der Waals surface area contributed by atoms with Crippen molar-refractivity contribution in [3.05, 3.63) is 99.3 Å². The summed E-state index contributed by atoms with van der Waals surface area (Å²) in [6, 6.07) is 8.54. The molecule has 190 valence electrons. The maximum atomic E-state index is 15.0. The van der Waals surface area contributed by atoms with E-state index in [4.69, 9.17) is 16.3 Å². The van der Waals surface area contributed by atoms with Crippen LogP contribution in [0, 0.1) is 52.6 Å². The maximum absolute atomic E-state index is 15.0. The van der Waals surface area contributed by atoms with Gasteiger partial charge in [0.05, 0.1) is 16.1 Å². The van der Waals surface area contributed by atoms with Gasteiger partial charge in [0.2, 0.25) is 0 Å². The van der Waals surface area contributed by atoms with E-state index in [2.05, 4.69) is 11.8 Å². The van der Waals surface area contributed by atoms with Crippen molar-refractivity contribution in [3.8, 4) is 28.7 Å². The van der Waals surface area contributed by atoms with Crippen molar-refractivity contribution in [1.82, 2.24) is 0 Å². The molecule has 0 spiro atoms. The maximum Gasteiger partial charge on any atom is 0.194 e. The highest BCUT2D eigenvalue weighted by atomic mass is 35.5. The Bertz CT molecular complexity index is 1540. The molecule has 4 aromatic rings. The molecule has 0 N–H and O–H groups in total. The minimum atomic E-state index is -1.78. The second kappa shape index (κ2) is 10.7. The van der Waals surface area contributed by atoms with Gasteiger partial charge in [-0.15, -0.1) is 0 Å². The van der Waals surface area contributed by atoms with E-state index in [1.807, 2.05) is 6.92 Å². The van der Waals surface area contributed by atoms with Crippen LogP contribution in [0.2, 0.25) is 5.02 Å². The minimum Gasteiger partial charge on any atom is -0.488 e. The molecule has 0 unspecified atom stereocenters. The quantitative estimate of drug-likeness (QED) is 0.107. The molecule has 0 bridgehead atoms. The lowest BCUT2D eigenvalue weighted by atomic mass is 9.97. The number of halogens is 8. The molecule has 37 heavy (non-hydrogen) atoms. The van der Waals surface area contributed by atoms with Gasteiger partial charge in [-0.1, -0.05) is 48.6 Å². The molecule has 0 amide bonds. The number of fused-ring (bicyclic) bond motifs is 1. The number of hydrogen-bond acceptors (Lipinski definition) is 1. The SMILES string of the molecule is CCCC#Cc1ccc2c(Cl)c(-c3c(F)c(F)c(COc4cc(F)c(F)c(F)c4)c(F)c3F)ccc2c1. The van der Waals surface area contributed by atoms with E-state index in [0.717, 1.165) is 6.42 Å². The second-order valence-corrected chi connectivity index (χ2v) is 8.39. The average molecular weight is 537 g/mol. The molecule has 0 aliphatic heterocycles. The highest BCUT2D eigenvalue weighted by Crippen LogP contribution is 2.39. The Labute approximate surface area is 212 Å². The summed E-state index contributed by atoms with van der Waals surface area (Å²) in [6.07, 6.45) is 1.61. The smallest absolute Gasteiger partial charge is 0.194 e. The third-order valence-corrected chi connectivity index (χ3v) is 5.93. The first-order chi connectivity index (χ1) is 17.6. The number of benzene rings is 4. The summed E-state index contributed by atoms with van der Waals surface area (Å²) in [5, 5.41) is 0.846. The zero-order valence-corrected chi connectivity index (χ0v) is 19.9. The van der Waals surface area contributed by atoms with Crippen LogP contribution < -0.4 is 4.74 Å². The molecule has 0 aromatic heterocycles. The van der Waals surface area contributed by atoms with Crippen molar-refractivity contribution in [2.75, 3.05) is 0 Å². The Balaban J connectivity index is 1.73. The van der Waals surface area contributed by atoms with Crippen LogP contribution in [-0.4, -0.2) is 0 Å². The average Bonchev–Trinajstić information content (AvgIpc) is 2.87. The van der Waals surface area contributed by atoms with Gasteiger partial charge in [-0.25, -0.2) is 30.7 Å². The summed E-state index contributed by atoms with van der Waals surface area (Å²) in [5.41, 5.74) is -1.79. The zero-order valence-electron chi connectivity index (χ0n) is 19.1. The zero-order chi connectivity index (χ0) is 26.9. The van der Waals surface area contributed by atoms with Crippen molar-refractivity contribution in [2.24, 2.45) is 0 Å². The Kier molecular flexibility index (Phi) is 7.65. The van der Waals surface area contributed by atoms with E-state index in [-0.39, 0.29) is 10.6 Å². The lowest BCUT2D eigenvalue weighted by Gasteiger charge is -2.15. The molecule has 0 saturated carbocycles. The summed E-state index contributed by atoms with van der Waals surface area (Å²) >= 11 is 6.39. The number of unbranched alkanes of at least 4 members (excludes halogenated alkanes) is 1. The van der Waals surface area contributed by atoms with Crippen molar-refractivity contribution in [1.29, 1.82) is 0 Å². The van der Waals surface area contributed by atoms with Gasteiger partial charge >= 0.3 is 0 Å². The van der Waals surface area contributed by atoms with E-state index in [1.54, 1.807) is 18.2 Å². The molecule has 0 aliphatic carbocycles. The molecule has 1 nitrogen and oxygen atoms in total. The Morgan fingerprint density at radius 3 is 2.05 bits per heavy atom. The van der Waals surface area contributed by atoms with Crippen molar-refractivity contribution < 1.29 is 35.5 Å². The van der Waals surface area contributed by atoms with Gasteiger partial charge < -0.3 is 4.74 Å². The van der Waals surface area contributed by atoms with E-state index >= 15 is 8.78 Å². The van der Waals surface area contributed by atoms with Gasteiger partial charge in [0.25, 0.3) is 0 Å². The second-order valence-electron chi connectivity index (χ2n) is 8.01. The van der Waals surface area contributed by atoms with E-state index < -0.39 is 64.2 Å². The van der Waals surface area contributed by atoms with Gasteiger partial charge in [0.1, 0.15) is 12.4 Å². The minimum absolute atomic E-state index is 0.136. The highest BCUT2D eigenvalue weighted by Gasteiger charge is 2.28. The number of rotatable bonds is 5. The van der Waals surface area contributed by atoms with Gasteiger partial charge in [-0.3, -0.25) is 0 Å². The fourth-order valence-electron chi connectivity index (χ4n) is 3.66. The summed E-state index contributed by atoms with van der Waals surface area (Å²) < 4.78 is 104. The van der Waals surface area contributed by atoms with Gasteiger partial charge in [0.15, 0.2) is 40.7 Å². The molecule has 4 rings (SSSR count). The lowest BCUT2D eigenvalue weighted by Crippen LogP contribution is -2.10. The molecule has 0 fully saturated rings. The molecule has 0 heterocycles. The molecular formula is C28H16ClF7O. The van der Waals surface area contributed by atoms with Crippen LogP contribution in [0.1, 0.15) is 30.9 Å². The summed E-state index contributed by atoms with van der Waals surface area (Å²) in [5.74, 6) is -6.70. The fourth-order valence-corrected chi connectivity index (χ4v) is 3.99. The fraction of sp³-hybridized carbons (Fsp3) is 0.143. The predicted octanol–water partition coefficient (Wildman–Crippen LogP) is 8.86. The van der Waals surface area contributed by atoms with Gasteiger partial charge in [-0.2, -0.15) is 0 Å². The van der Waals surface area contributed by atoms with Crippen LogP contribution in [0.5, 0.6) is 5.75 Å². The van der Waals surface area contributed by atoms with Crippen molar-refractivity contribution in [2.45, 2.75) is 26.4 Å². The van der Waals surface area contributed by atoms with Gasteiger partial charge in [-0.05, 0) is 23.9 Å². The number of hydrogen-bond donors (Lipinski definition) is 0. The van der Waals surface area contributed by atoms with Crippen LogP contribution in [0.25, 0.3) is 21.9 Å². The Morgan fingerprint density at radius 2 is 1.43 bits per heavy atom. The van der Waals surface area contributed by atoms with E-state index in [9.17, 15) is 22.0 Å². The highest BCUT2D eigenvalue weighted by molar-refractivity contribution is 6.38. The Morgan fingerprint density at radius 1 is 0.784 bits per heavy atom. The van der Waals surface area contributed by atoms with E-state index in [1.165, 1.54) is 12.1 Å². The standard InChI is InChI=1S/C28H16ClF7O/c1-2-3-4-5-14-6-8-17-15(10-14)7-9-18(23(17)29)22-27(35)24(32)19(25(33)28(22)36)13-37-16-11-20(30)26(34)21(31)12-16/h6-12H,2-3,13H2,1H3. The van der Waals surface area contributed by atoms with Crippen LogP contribution in [-0.2, 0) is 6.61 Å². The first-order valence-electron chi connectivity index (χ1n) is 11.0. The van der Waals surface area contributed by atoms with Crippen molar-refractivity contribution in [3.63, 3.8) is 0 Å². The monoisotopic (exact) mass is 536 g/mol. The third-order valence-electron chi connectivity index (χ3n) is 5.53. The first kappa shape index (κ1) is 26.4. The topological polar surface area (TPSA) is 9.23 Å². The summed E-state index contributed by atoms with van der Waals surface area (Å²) in [4.78, 5) is 0. The van der Waals surface area contributed by atoms with Crippen LogP contribution in [0.4, 0.5) is 30.7 Å². The Hall–Kier alpha value is -3.70. The van der Waals surface area contributed by atoms with Crippen LogP contribution in [0.15, 0.2) is 42.5 Å². The number of ether oxygens (including phenoxy) is 1. The third kappa shape index (κ3) is 5.09. The van der Waals surface area contributed by atoms with Gasteiger partial charge in [0, 0.05) is 35.1 Å². The molecule has 0 radical (unpaired) electrons. The van der Waals surface area contributed by atoms with E-state index in [0.29, 0.717) is 34.9 Å². The largest absolute Gasteiger partial charge is 0.488 e. The summed E-state index contributed by atoms with van der Waals surface area (Å²) in [6.45, 7) is 0.858. The lowest BCUT2D eigenvalue weighted by molar-refractivity contribution is 0.281.